The molecule has 1 N–H and O–H groups in total. The van der Waals surface area contributed by atoms with Gasteiger partial charge in [-0.15, -0.1) is 0 Å². The zero-order chi connectivity index (χ0) is 15.4. The molecule has 0 bridgehead atoms. The van der Waals surface area contributed by atoms with Crippen LogP contribution in [0.4, 0.5) is 5.69 Å². The fourth-order valence-corrected chi connectivity index (χ4v) is 1.65. The van der Waals surface area contributed by atoms with E-state index in [2.05, 4.69) is 0 Å². The van der Waals surface area contributed by atoms with Gasteiger partial charge in [0.2, 0.25) is 5.75 Å². The molecule has 0 aliphatic heterocycles. The molecule has 0 saturated carbocycles. The highest BCUT2D eigenvalue weighted by Gasteiger charge is 2.18. The molecule has 0 atom stereocenters. The van der Waals surface area contributed by atoms with E-state index in [1.165, 1.54) is 7.11 Å². The maximum atomic E-state index is 11.0. The molecule has 7 nitrogen and oxygen atoms in total. The predicted molar refractivity (Wildman–Crippen MR) is 73.1 cm³/mol. The average molecular weight is 289 g/mol. The van der Waals surface area contributed by atoms with E-state index in [9.17, 15) is 14.9 Å². The molecule has 0 aliphatic rings. The summed E-state index contributed by atoms with van der Waals surface area (Å²) in [6.07, 6.45) is 0. The van der Waals surface area contributed by atoms with E-state index in [0.717, 1.165) is 18.2 Å². The summed E-state index contributed by atoms with van der Waals surface area (Å²) in [5.41, 5.74) is -0.403. The lowest BCUT2D eigenvalue weighted by atomic mass is 10.2. The standard InChI is InChI=1S/C14H11NO6/c1-20-10-3-5-11(6-4-10)21-13-8-9(14(16)17)2-7-12(13)15(18)19/h2-8H,1H3,(H,16,17). The first-order valence-corrected chi connectivity index (χ1v) is 5.85. The number of ether oxygens (including phenoxy) is 2. The van der Waals surface area contributed by atoms with Crippen molar-refractivity contribution >= 4 is 11.7 Å². The van der Waals surface area contributed by atoms with Crippen LogP contribution >= 0.6 is 0 Å². The van der Waals surface area contributed by atoms with Gasteiger partial charge in [-0.1, -0.05) is 0 Å². The predicted octanol–water partition coefficient (Wildman–Crippen LogP) is 3.09. The highest BCUT2D eigenvalue weighted by atomic mass is 16.6. The molecule has 2 rings (SSSR count). The van der Waals surface area contributed by atoms with Gasteiger partial charge < -0.3 is 14.6 Å². The third-order valence-corrected chi connectivity index (χ3v) is 2.69. The van der Waals surface area contributed by atoms with Crippen molar-refractivity contribution in [3.05, 3.63) is 58.1 Å². The summed E-state index contributed by atoms with van der Waals surface area (Å²) in [7, 11) is 1.51. The number of nitrogens with zero attached hydrogens (tertiary/aromatic N) is 1. The molecule has 108 valence electrons. The first kappa shape index (κ1) is 14.3. The summed E-state index contributed by atoms with van der Waals surface area (Å²) in [6.45, 7) is 0. The molecule has 7 heteroatoms. The lowest BCUT2D eigenvalue weighted by Gasteiger charge is -2.08. The molecule has 0 heterocycles. The summed E-state index contributed by atoms with van der Waals surface area (Å²) < 4.78 is 10.4. The van der Waals surface area contributed by atoms with Crippen LogP contribution in [0, 0.1) is 10.1 Å². The topological polar surface area (TPSA) is 98.9 Å². The molecule has 21 heavy (non-hydrogen) atoms. The number of hydrogen-bond donors (Lipinski definition) is 1. The van der Waals surface area contributed by atoms with Crippen molar-refractivity contribution in [1.82, 2.24) is 0 Å². The fraction of sp³-hybridized carbons (Fsp3) is 0.0714. The van der Waals surface area contributed by atoms with Gasteiger partial charge in [0.15, 0.2) is 0 Å². The van der Waals surface area contributed by atoms with Crippen molar-refractivity contribution < 1.29 is 24.3 Å². The van der Waals surface area contributed by atoms with Crippen molar-refractivity contribution in [2.45, 2.75) is 0 Å². The number of carboxylic acids is 1. The average Bonchev–Trinajstić information content (AvgIpc) is 2.47. The van der Waals surface area contributed by atoms with Gasteiger partial charge in [0.25, 0.3) is 0 Å². The molecule has 0 unspecified atom stereocenters. The molecule has 0 radical (unpaired) electrons. The number of nitro groups is 1. The number of aromatic carboxylic acids is 1. The zero-order valence-corrected chi connectivity index (χ0v) is 11.0. The van der Waals surface area contributed by atoms with E-state index < -0.39 is 10.9 Å². The first-order chi connectivity index (χ1) is 10.0. The van der Waals surface area contributed by atoms with E-state index in [1.807, 2.05) is 0 Å². The molecule has 0 spiro atoms. The van der Waals surface area contributed by atoms with Crippen molar-refractivity contribution in [3.8, 4) is 17.2 Å². The van der Waals surface area contributed by atoms with Crippen molar-refractivity contribution in [2.75, 3.05) is 7.11 Å². The van der Waals surface area contributed by atoms with Gasteiger partial charge in [0.1, 0.15) is 11.5 Å². The van der Waals surface area contributed by atoms with Gasteiger partial charge in [-0.25, -0.2) is 4.79 Å². The minimum atomic E-state index is -1.19. The Hall–Kier alpha value is -3.09. The van der Waals surface area contributed by atoms with Gasteiger partial charge in [-0.3, -0.25) is 10.1 Å². The Morgan fingerprint density at radius 1 is 1.14 bits per heavy atom. The molecule has 0 amide bonds. The maximum absolute atomic E-state index is 11.0. The molecule has 2 aromatic rings. The number of carbonyl (C=O) groups is 1. The quantitative estimate of drug-likeness (QED) is 0.670. The van der Waals surface area contributed by atoms with Crippen LogP contribution in [-0.4, -0.2) is 23.1 Å². The molecule has 0 aromatic heterocycles. The van der Waals surface area contributed by atoms with Gasteiger partial charge in [0.05, 0.1) is 17.6 Å². The lowest BCUT2D eigenvalue weighted by molar-refractivity contribution is -0.385. The molecule has 0 saturated heterocycles. The number of hydrogen-bond acceptors (Lipinski definition) is 5. The summed E-state index contributed by atoms with van der Waals surface area (Å²) in [5, 5.41) is 19.9. The lowest BCUT2D eigenvalue weighted by Crippen LogP contribution is -1.99. The van der Waals surface area contributed by atoms with Crippen LogP contribution in [0.1, 0.15) is 10.4 Å². The minimum absolute atomic E-state index is 0.0934. The van der Waals surface area contributed by atoms with E-state index in [-0.39, 0.29) is 17.0 Å². The Kier molecular flexibility index (Phi) is 4.03. The summed E-state index contributed by atoms with van der Waals surface area (Å²) >= 11 is 0. The van der Waals surface area contributed by atoms with Crippen molar-refractivity contribution in [3.63, 3.8) is 0 Å². The second-order valence-electron chi connectivity index (χ2n) is 4.02. The Bertz CT molecular complexity index is 680. The third kappa shape index (κ3) is 3.27. The van der Waals surface area contributed by atoms with E-state index in [4.69, 9.17) is 14.6 Å². The second kappa shape index (κ2) is 5.91. The normalized spacial score (nSPS) is 9.95. The Balaban J connectivity index is 2.37. The van der Waals surface area contributed by atoms with Gasteiger partial charge in [-0.2, -0.15) is 0 Å². The molecule has 0 fully saturated rings. The van der Waals surface area contributed by atoms with Crippen LogP contribution < -0.4 is 9.47 Å². The first-order valence-electron chi connectivity index (χ1n) is 5.85. The number of rotatable bonds is 5. The smallest absolute Gasteiger partial charge is 0.335 e. The number of nitro benzene ring substituents is 1. The van der Waals surface area contributed by atoms with Crippen LogP contribution in [0.25, 0.3) is 0 Å². The minimum Gasteiger partial charge on any atom is -0.497 e. The van der Waals surface area contributed by atoms with E-state index >= 15 is 0 Å². The summed E-state index contributed by atoms with van der Waals surface area (Å²) in [5.74, 6) is -0.382. The Labute approximate surface area is 119 Å². The SMILES string of the molecule is COc1ccc(Oc2cc(C(=O)O)ccc2[N+](=O)[O-])cc1. The highest BCUT2D eigenvalue weighted by molar-refractivity contribution is 5.88. The Morgan fingerprint density at radius 2 is 1.76 bits per heavy atom. The fourth-order valence-electron chi connectivity index (χ4n) is 1.65. The largest absolute Gasteiger partial charge is 0.497 e. The van der Waals surface area contributed by atoms with Crippen molar-refractivity contribution in [1.29, 1.82) is 0 Å². The molecule has 2 aromatic carbocycles. The number of benzene rings is 2. The Morgan fingerprint density at radius 3 is 2.29 bits per heavy atom. The second-order valence-corrected chi connectivity index (χ2v) is 4.02. The van der Waals surface area contributed by atoms with Gasteiger partial charge in [-0.05, 0) is 30.3 Å². The molecular formula is C14H11NO6. The monoisotopic (exact) mass is 289 g/mol. The van der Waals surface area contributed by atoms with Crippen molar-refractivity contribution in [2.24, 2.45) is 0 Å². The van der Waals surface area contributed by atoms with Gasteiger partial charge >= 0.3 is 11.7 Å². The highest BCUT2D eigenvalue weighted by Crippen LogP contribution is 2.32. The third-order valence-electron chi connectivity index (χ3n) is 2.69. The van der Waals surface area contributed by atoms with Crippen LogP contribution in [0.3, 0.4) is 0 Å². The zero-order valence-electron chi connectivity index (χ0n) is 11.0. The van der Waals surface area contributed by atoms with Crippen LogP contribution in [0.15, 0.2) is 42.5 Å². The van der Waals surface area contributed by atoms with Gasteiger partial charge in [0, 0.05) is 12.1 Å². The molecule has 0 aliphatic carbocycles. The van der Waals surface area contributed by atoms with E-state index in [0.29, 0.717) is 11.5 Å². The molecular weight excluding hydrogens is 278 g/mol. The number of carboxylic acid groups (broad SMARTS) is 1. The van der Waals surface area contributed by atoms with Crippen LogP contribution in [0.5, 0.6) is 17.2 Å². The summed E-state index contributed by atoms with van der Waals surface area (Å²) in [4.78, 5) is 21.2. The van der Waals surface area contributed by atoms with Crippen LogP contribution in [-0.2, 0) is 0 Å². The van der Waals surface area contributed by atoms with Crippen LogP contribution in [0.2, 0.25) is 0 Å². The summed E-state index contributed by atoms with van der Waals surface area (Å²) in [6, 6.07) is 9.75. The van der Waals surface area contributed by atoms with E-state index in [1.54, 1.807) is 24.3 Å². The number of methoxy groups -OCH3 is 1. The maximum Gasteiger partial charge on any atom is 0.335 e.